The van der Waals surface area contributed by atoms with Crippen molar-refractivity contribution >= 4 is 21.8 Å². The zero-order chi connectivity index (χ0) is 10.7. The Morgan fingerprint density at radius 2 is 2.47 bits per heavy atom. The Kier molecular flexibility index (Phi) is 3.33. The van der Waals surface area contributed by atoms with Gasteiger partial charge in [0.25, 0.3) is 5.91 Å². The van der Waals surface area contributed by atoms with Crippen LogP contribution < -0.4 is 5.32 Å². The number of hydrogen-bond acceptors (Lipinski definition) is 3. The highest BCUT2D eigenvalue weighted by Gasteiger charge is 2.18. The van der Waals surface area contributed by atoms with E-state index in [2.05, 4.69) is 26.2 Å². The van der Waals surface area contributed by atoms with Gasteiger partial charge in [0.15, 0.2) is 0 Å². The van der Waals surface area contributed by atoms with Crippen molar-refractivity contribution in [2.45, 2.75) is 12.5 Å². The summed E-state index contributed by atoms with van der Waals surface area (Å²) in [5.74, 6) is -0.141. The van der Waals surface area contributed by atoms with E-state index in [1.165, 1.54) is 0 Å². The molecule has 1 N–H and O–H groups in total. The van der Waals surface area contributed by atoms with Gasteiger partial charge in [-0.3, -0.25) is 4.79 Å². The molecule has 0 bridgehead atoms. The van der Waals surface area contributed by atoms with Crippen LogP contribution in [-0.2, 0) is 4.74 Å². The molecule has 1 atom stereocenters. The minimum absolute atomic E-state index is 0.128. The van der Waals surface area contributed by atoms with Crippen molar-refractivity contribution in [3.8, 4) is 0 Å². The fraction of sp³-hybridized carbons (Fsp3) is 0.400. The fourth-order valence-electron chi connectivity index (χ4n) is 1.42. The second kappa shape index (κ2) is 4.72. The molecule has 1 fully saturated rings. The lowest BCUT2D eigenvalue weighted by molar-refractivity contribution is 0.0925. The number of rotatable bonds is 2. The minimum atomic E-state index is -0.141. The third kappa shape index (κ3) is 2.76. The predicted octanol–water partition coefficient (Wildman–Crippen LogP) is 1.36. The van der Waals surface area contributed by atoms with Gasteiger partial charge in [-0.1, -0.05) is 0 Å². The highest BCUT2D eigenvalue weighted by atomic mass is 79.9. The van der Waals surface area contributed by atoms with Crippen molar-refractivity contribution in [3.63, 3.8) is 0 Å². The molecule has 5 heteroatoms. The summed E-state index contributed by atoms with van der Waals surface area (Å²) in [6.45, 7) is 1.32. The van der Waals surface area contributed by atoms with Crippen LogP contribution in [0.5, 0.6) is 0 Å². The molecule has 0 spiro atoms. The first-order valence-corrected chi connectivity index (χ1v) is 5.55. The van der Waals surface area contributed by atoms with Crippen LogP contribution >= 0.6 is 15.9 Å². The van der Waals surface area contributed by atoms with Gasteiger partial charge in [-0.15, -0.1) is 0 Å². The van der Waals surface area contributed by atoms with E-state index in [0.717, 1.165) is 17.5 Å². The Balaban J connectivity index is 1.98. The maximum absolute atomic E-state index is 11.7. The second-order valence-electron chi connectivity index (χ2n) is 3.40. The van der Waals surface area contributed by atoms with Gasteiger partial charge in [0, 0.05) is 17.3 Å². The maximum Gasteiger partial charge on any atom is 0.270 e. The van der Waals surface area contributed by atoms with Crippen molar-refractivity contribution in [3.05, 3.63) is 28.5 Å². The molecule has 80 valence electrons. The van der Waals surface area contributed by atoms with E-state index in [0.29, 0.717) is 12.3 Å². The Hall–Kier alpha value is -0.940. The molecule has 1 aliphatic rings. The molecule has 1 saturated heterocycles. The van der Waals surface area contributed by atoms with Crippen LogP contribution in [0, 0.1) is 0 Å². The standard InChI is InChI=1S/C10H11BrN2O2/c11-7-1-2-9(12-5-7)10(14)13-8-3-4-15-6-8/h1-2,5,8H,3-4,6H2,(H,13,14)/t8-/m0/s1. The van der Waals surface area contributed by atoms with E-state index in [-0.39, 0.29) is 11.9 Å². The van der Waals surface area contributed by atoms with Gasteiger partial charge in [-0.2, -0.15) is 0 Å². The number of pyridine rings is 1. The van der Waals surface area contributed by atoms with Crippen LogP contribution in [0.25, 0.3) is 0 Å². The van der Waals surface area contributed by atoms with Crippen LogP contribution in [-0.4, -0.2) is 30.1 Å². The lowest BCUT2D eigenvalue weighted by Crippen LogP contribution is -2.35. The molecule has 1 aromatic rings. The number of aromatic nitrogens is 1. The summed E-state index contributed by atoms with van der Waals surface area (Å²) >= 11 is 3.27. The first-order chi connectivity index (χ1) is 7.25. The third-order valence-electron chi connectivity index (χ3n) is 2.22. The van der Waals surface area contributed by atoms with Gasteiger partial charge < -0.3 is 10.1 Å². The molecule has 1 amide bonds. The van der Waals surface area contributed by atoms with Crippen LogP contribution in [0.3, 0.4) is 0 Å². The van der Waals surface area contributed by atoms with Gasteiger partial charge in [-0.05, 0) is 34.5 Å². The van der Waals surface area contributed by atoms with Crippen molar-refractivity contribution in [1.29, 1.82) is 0 Å². The Morgan fingerprint density at radius 1 is 1.60 bits per heavy atom. The highest BCUT2D eigenvalue weighted by Crippen LogP contribution is 2.08. The summed E-state index contributed by atoms with van der Waals surface area (Å²) in [5, 5.41) is 2.87. The SMILES string of the molecule is O=C(N[C@H]1CCOC1)c1ccc(Br)cn1. The van der Waals surface area contributed by atoms with Crippen LogP contribution in [0.2, 0.25) is 0 Å². The van der Waals surface area contributed by atoms with Gasteiger partial charge in [0.1, 0.15) is 5.69 Å². The van der Waals surface area contributed by atoms with Gasteiger partial charge >= 0.3 is 0 Å². The quantitative estimate of drug-likeness (QED) is 0.883. The van der Waals surface area contributed by atoms with Crippen LogP contribution in [0.1, 0.15) is 16.9 Å². The number of amides is 1. The van der Waals surface area contributed by atoms with Crippen LogP contribution in [0.4, 0.5) is 0 Å². The zero-order valence-corrected chi connectivity index (χ0v) is 9.66. The molecule has 2 heterocycles. The molecule has 4 nitrogen and oxygen atoms in total. The van der Waals surface area contributed by atoms with E-state index >= 15 is 0 Å². The van der Waals surface area contributed by atoms with E-state index in [4.69, 9.17) is 4.74 Å². The largest absolute Gasteiger partial charge is 0.379 e. The molecule has 0 saturated carbocycles. The van der Waals surface area contributed by atoms with E-state index < -0.39 is 0 Å². The molecule has 0 radical (unpaired) electrons. The summed E-state index contributed by atoms with van der Waals surface area (Å²) in [6.07, 6.45) is 2.49. The summed E-state index contributed by atoms with van der Waals surface area (Å²) in [6, 6.07) is 3.62. The summed E-state index contributed by atoms with van der Waals surface area (Å²) in [4.78, 5) is 15.7. The van der Waals surface area contributed by atoms with E-state index in [1.807, 2.05) is 0 Å². The Morgan fingerprint density at radius 3 is 3.07 bits per heavy atom. The fourth-order valence-corrected chi connectivity index (χ4v) is 1.65. The number of halogens is 1. The van der Waals surface area contributed by atoms with E-state index in [1.54, 1.807) is 18.3 Å². The lowest BCUT2D eigenvalue weighted by atomic mass is 10.2. The number of hydrogen-bond donors (Lipinski definition) is 1. The predicted molar refractivity (Wildman–Crippen MR) is 58.6 cm³/mol. The lowest BCUT2D eigenvalue weighted by Gasteiger charge is -2.09. The monoisotopic (exact) mass is 270 g/mol. The second-order valence-corrected chi connectivity index (χ2v) is 4.31. The first-order valence-electron chi connectivity index (χ1n) is 4.76. The smallest absolute Gasteiger partial charge is 0.270 e. The minimum Gasteiger partial charge on any atom is -0.379 e. The summed E-state index contributed by atoms with van der Waals surface area (Å²) in [5.41, 5.74) is 0.435. The van der Waals surface area contributed by atoms with Crippen LogP contribution in [0.15, 0.2) is 22.8 Å². The van der Waals surface area contributed by atoms with E-state index in [9.17, 15) is 4.79 Å². The number of nitrogens with one attached hydrogen (secondary N) is 1. The summed E-state index contributed by atoms with van der Waals surface area (Å²) < 4.78 is 6.03. The maximum atomic E-state index is 11.7. The third-order valence-corrected chi connectivity index (χ3v) is 2.69. The summed E-state index contributed by atoms with van der Waals surface area (Å²) in [7, 11) is 0. The topological polar surface area (TPSA) is 51.2 Å². The van der Waals surface area contributed by atoms with Gasteiger partial charge in [-0.25, -0.2) is 4.98 Å². The van der Waals surface area contributed by atoms with Crippen molar-refractivity contribution in [1.82, 2.24) is 10.3 Å². The highest BCUT2D eigenvalue weighted by molar-refractivity contribution is 9.10. The average molecular weight is 271 g/mol. The number of carbonyl (C=O) groups excluding carboxylic acids is 1. The van der Waals surface area contributed by atoms with Gasteiger partial charge in [0.2, 0.25) is 0 Å². The Bertz CT molecular complexity index is 347. The van der Waals surface area contributed by atoms with Crippen molar-refractivity contribution in [2.24, 2.45) is 0 Å². The molecule has 2 rings (SSSR count). The van der Waals surface area contributed by atoms with Crippen molar-refractivity contribution < 1.29 is 9.53 Å². The Labute approximate surface area is 96.2 Å². The molecular weight excluding hydrogens is 260 g/mol. The molecule has 15 heavy (non-hydrogen) atoms. The molecule has 0 aliphatic carbocycles. The number of carbonyl (C=O) groups is 1. The van der Waals surface area contributed by atoms with Crippen molar-refractivity contribution in [2.75, 3.05) is 13.2 Å². The molecule has 0 aromatic carbocycles. The number of nitrogens with zero attached hydrogens (tertiary/aromatic N) is 1. The molecule has 0 unspecified atom stereocenters. The number of ether oxygens (including phenoxy) is 1. The average Bonchev–Trinajstić information content (AvgIpc) is 2.71. The molecule has 1 aromatic heterocycles. The molecule has 1 aliphatic heterocycles. The normalized spacial score (nSPS) is 20.2. The zero-order valence-electron chi connectivity index (χ0n) is 8.07. The first kappa shape index (κ1) is 10.6. The van der Waals surface area contributed by atoms with Gasteiger partial charge in [0.05, 0.1) is 12.6 Å². The molecular formula is C10H11BrN2O2.